The Morgan fingerprint density at radius 3 is 1.88 bits per heavy atom. The Labute approximate surface area is 199 Å². The lowest BCUT2D eigenvalue weighted by Crippen LogP contribution is -2.59. The van der Waals surface area contributed by atoms with Gasteiger partial charge < -0.3 is 42.7 Å². The van der Waals surface area contributed by atoms with Gasteiger partial charge in [0.25, 0.3) is 0 Å². The van der Waals surface area contributed by atoms with Gasteiger partial charge in [0, 0.05) is 6.42 Å². The summed E-state index contributed by atoms with van der Waals surface area (Å²) in [5.74, 6) is -4.93. The number of hydrogen-bond donors (Lipinski definition) is 8. The number of aliphatic hydroxyl groups is 1. The predicted molar refractivity (Wildman–Crippen MR) is 122 cm³/mol. The number of nitrogens with two attached hydrogens (primary N) is 2. The van der Waals surface area contributed by atoms with Gasteiger partial charge in [0.2, 0.25) is 17.7 Å². The van der Waals surface area contributed by atoms with E-state index < -0.39 is 66.4 Å². The molecule has 5 unspecified atom stereocenters. The van der Waals surface area contributed by atoms with Crippen LogP contribution in [0.25, 0.3) is 0 Å². The third kappa shape index (κ3) is 12.5. The maximum absolute atomic E-state index is 12.8. The molecule has 0 aliphatic rings. The van der Waals surface area contributed by atoms with Crippen LogP contribution >= 0.6 is 0 Å². The molecule has 0 radical (unpaired) electrons. The highest BCUT2D eigenvalue weighted by Gasteiger charge is 2.32. The second kappa shape index (κ2) is 16.0. The molecule has 13 nitrogen and oxygen atoms in total. The Bertz CT molecular complexity index is 701. The lowest BCUT2D eigenvalue weighted by molar-refractivity contribution is -0.143. The molecule has 0 saturated heterocycles. The van der Waals surface area contributed by atoms with Gasteiger partial charge >= 0.3 is 11.9 Å². The van der Waals surface area contributed by atoms with Crippen LogP contribution in [0.5, 0.6) is 0 Å². The van der Waals surface area contributed by atoms with Crippen LogP contribution < -0.4 is 27.4 Å². The van der Waals surface area contributed by atoms with Gasteiger partial charge in [0.1, 0.15) is 18.1 Å². The molecule has 3 amide bonds. The van der Waals surface area contributed by atoms with Crippen molar-refractivity contribution in [3.05, 3.63) is 0 Å². The van der Waals surface area contributed by atoms with E-state index in [4.69, 9.17) is 16.6 Å². The van der Waals surface area contributed by atoms with Crippen LogP contribution in [0.3, 0.4) is 0 Å². The van der Waals surface area contributed by atoms with Crippen LogP contribution in [-0.4, -0.2) is 81.8 Å². The summed E-state index contributed by atoms with van der Waals surface area (Å²) in [4.78, 5) is 60.3. The number of carbonyl (C=O) groups is 5. The van der Waals surface area contributed by atoms with Gasteiger partial charge in [-0.05, 0) is 51.5 Å². The molecule has 34 heavy (non-hydrogen) atoms. The number of aliphatic carboxylic acids is 2. The zero-order valence-electron chi connectivity index (χ0n) is 20.0. The highest BCUT2D eigenvalue weighted by atomic mass is 16.4. The van der Waals surface area contributed by atoms with Gasteiger partial charge in [-0.2, -0.15) is 0 Å². The highest BCUT2D eigenvalue weighted by Crippen LogP contribution is 2.07. The number of rotatable bonds is 17. The van der Waals surface area contributed by atoms with E-state index in [1.807, 2.05) is 13.8 Å². The fourth-order valence-electron chi connectivity index (χ4n) is 3.10. The van der Waals surface area contributed by atoms with Crippen LogP contribution in [-0.2, 0) is 24.0 Å². The van der Waals surface area contributed by atoms with Gasteiger partial charge in [-0.25, -0.2) is 4.79 Å². The zero-order valence-corrected chi connectivity index (χ0v) is 20.0. The molecule has 0 spiro atoms. The van der Waals surface area contributed by atoms with E-state index in [2.05, 4.69) is 16.0 Å². The molecule has 5 atom stereocenters. The van der Waals surface area contributed by atoms with Gasteiger partial charge in [0.05, 0.1) is 12.1 Å². The topological polar surface area (TPSA) is 234 Å². The summed E-state index contributed by atoms with van der Waals surface area (Å²) in [6, 6.07) is -5.07. The normalized spacial score (nSPS) is 15.5. The second-order valence-corrected chi connectivity index (χ2v) is 8.64. The number of carboxylic acids is 2. The summed E-state index contributed by atoms with van der Waals surface area (Å²) < 4.78 is 0. The van der Waals surface area contributed by atoms with Crippen LogP contribution in [0, 0.1) is 5.92 Å². The van der Waals surface area contributed by atoms with Crippen molar-refractivity contribution in [2.75, 3.05) is 6.54 Å². The van der Waals surface area contributed by atoms with Crippen molar-refractivity contribution in [1.82, 2.24) is 16.0 Å². The summed E-state index contributed by atoms with van der Waals surface area (Å²) in [6.45, 7) is 5.32. The van der Waals surface area contributed by atoms with Gasteiger partial charge in [0.15, 0.2) is 0 Å². The van der Waals surface area contributed by atoms with Crippen molar-refractivity contribution in [2.45, 2.75) is 89.6 Å². The molecule has 0 heterocycles. The SMILES string of the molecule is CC(C)CC(N)C(=O)NC(C(=O)NC(CCC(=O)O)C(=O)NC(CCCCN)C(=O)O)C(C)O. The van der Waals surface area contributed by atoms with E-state index in [-0.39, 0.29) is 18.8 Å². The monoisotopic (exact) mass is 489 g/mol. The van der Waals surface area contributed by atoms with E-state index in [0.29, 0.717) is 25.8 Å². The summed E-state index contributed by atoms with van der Waals surface area (Å²) in [5.41, 5.74) is 11.2. The third-order valence-electron chi connectivity index (χ3n) is 4.97. The predicted octanol–water partition coefficient (Wildman–Crippen LogP) is -1.73. The van der Waals surface area contributed by atoms with Crippen molar-refractivity contribution in [1.29, 1.82) is 0 Å². The van der Waals surface area contributed by atoms with E-state index in [1.165, 1.54) is 6.92 Å². The number of aliphatic hydroxyl groups excluding tert-OH is 1. The lowest BCUT2D eigenvalue weighted by Gasteiger charge is -2.26. The van der Waals surface area contributed by atoms with E-state index >= 15 is 0 Å². The molecule has 13 heteroatoms. The van der Waals surface area contributed by atoms with E-state index in [1.54, 1.807) is 0 Å². The summed E-state index contributed by atoms with van der Waals surface area (Å²) in [7, 11) is 0. The van der Waals surface area contributed by atoms with Gasteiger partial charge in [-0.3, -0.25) is 19.2 Å². The molecule has 0 aromatic rings. The molecule has 196 valence electrons. The number of amides is 3. The van der Waals surface area contributed by atoms with E-state index in [0.717, 1.165) is 0 Å². The molecule has 0 aliphatic carbocycles. The number of carbonyl (C=O) groups excluding carboxylic acids is 3. The summed E-state index contributed by atoms with van der Waals surface area (Å²) in [5, 5.41) is 35.3. The van der Waals surface area contributed by atoms with Crippen molar-refractivity contribution < 1.29 is 39.3 Å². The second-order valence-electron chi connectivity index (χ2n) is 8.64. The van der Waals surface area contributed by atoms with Crippen LogP contribution in [0.1, 0.15) is 59.3 Å². The molecular formula is C21H39N5O8. The van der Waals surface area contributed by atoms with Crippen molar-refractivity contribution >= 4 is 29.7 Å². The molecular weight excluding hydrogens is 450 g/mol. The quantitative estimate of drug-likeness (QED) is 0.107. The van der Waals surface area contributed by atoms with Crippen molar-refractivity contribution in [3.8, 4) is 0 Å². The molecule has 0 saturated carbocycles. The molecule has 0 aromatic heterocycles. The number of carboxylic acid groups (broad SMARTS) is 2. The average Bonchev–Trinajstić information content (AvgIpc) is 2.72. The first-order valence-corrected chi connectivity index (χ1v) is 11.3. The Balaban J connectivity index is 5.45. The van der Waals surface area contributed by atoms with Crippen LogP contribution in [0.4, 0.5) is 0 Å². The average molecular weight is 490 g/mol. The number of hydrogen-bond acceptors (Lipinski definition) is 8. The van der Waals surface area contributed by atoms with Crippen molar-refractivity contribution in [2.24, 2.45) is 17.4 Å². The minimum atomic E-state index is -1.47. The lowest BCUT2D eigenvalue weighted by atomic mass is 10.0. The first-order valence-electron chi connectivity index (χ1n) is 11.3. The Morgan fingerprint density at radius 1 is 0.824 bits per heavy atom. The zero-order chi connectivity index (χ0) is 26.4. The summed E-state index contributed by atoms with van der Waals surface area (Å²) >= 11 is 0. The first kappa shape index (κ1) is 31.2. The fraction of sp³-hybridized carbons (Fsp3) is 0.762. The van der Waals surface area contributed by atoms with Crippen molar-refractivity contribution in [3.63, 3.8) is 0 Å². The number of unbranched alkanes of at least 4 members (excludes halogenated alkanes) is 1. The maximum Gasteiger partial charge on any atom is 0.326 e. The largest absolute Gasteiger partial charge is 0.481 e. The first-order chi connectivity index (χ1) is 15.8. The fourth-order valence-corrected chi connectivity index (χ4v) is 3.10. The molecule has 0 aromatic carbocycles. The van der Waals surface area contributed by atoms with E-state index in [9.17, 15) is 34.2 Å². The molecule has 10 N–H and O–H groups in total. The van der Waals surface area contributed by atoms with Crippen LogP contribution in [0.2, 0.25) is 0 Å². The molecule has 0 fully saturated rings. The maximum atomic E-state index is 12.8. The Morgan fingerprint density at radius 2 is 1.41 bits per heavy atom. The Hall–Kier alpha value is -2.77. The highest BCUT2D eigenvalue weighted by molar-refractivity contribution is 5.94. The standard InChI is InChI=1S/C21H39N5O8/c1-11(2)10-13(23)18(30)26-17(12(3)27)20(32)24-14(7-8-16(28)29)19(31)25-15(21(33)34)6-4-5-9-22/h11-15,17,27H,4-10,22-23H2,1-3H3,(H,24,32)(H,25,31)(H,26,30)(H,28,29)(H,33,34). The number of nitrogens with one attached hydrogen (secondary N) is 3. The third-order valence-corrected chi connectivity index (χ3v) is 4.97. The molecule has 0 bridgehead atoms. The van der Waals surface area contributed by atoms with Gasteiger partial charge in [-0.1, -0.05) is 13.8 Å². The smallest absolute Gasteiger partial charge is 0.326 e. The summed E-state index contributed by atoms with van der Waals surface area (Å²) in [6.07, 6.45) is -0.770. The van der Waals surface area contributed by atoms with Crippen LogP contribution in [0.15, 0.2) is 0 Å². The minimum absolute atomic E-state index is 0.0952. The molecule has 0 rings (SSSR count). The Kier molecular flexibility index (Phi) is 14.7. The molecule has 0 aliphatic heterocycles. The minimum Gasteiger partial charge on any atom is -0.481 e. The van der Waals surface area contributed by atoms with Gasteiger partial charge in [-0.15, -0.1) is 0 Å².